The molecule has 0 aliphatic heterocycles. The molecule has 0 atom stereocenters. The smallest absolute Gasteiger partial charge is 0.493 e. The van der Waals surface area contributed by atoms with Gasteiger partial charge in [-0.15, -0.1) is 13.2 Å². The van der Waals surface area contributed by atoms with Gasteiger partial charge in [-0.05, 0) is 59.7 Å². The lowest BCUT2D eigenvalue weighted by Crippen LogP contribution is -2.17. The van der Waals surface area contributed by atoms with Gasteiger partial charge in [-0.1, -0.05) is 12.2 Å². The van der Waals surface area contributed by atoms with Crippen LogP contribution in [0.25, 0.3) is 12.2 Å². The number of ether oxygens (including phenoxy) is 5. The van der Waals surface area contributed by atoms with Crippen LogP contribution >= 0.6 is 0 Å². The fraction of sp³-hybridized carbons (Fsp3) is 0.200. The number of hydrogen-bond donors (Lipinski definition) is 1. The van der Waals surface area contributed by atoms with Gasteiger partial charge in [-0.25, -0.2) is 12.8 Å². The minimum atomic E-state index is -4.93. The standard InChI is InChI=1S/C25H23F4NO7S/c1-33-21-13-16(14-22(34-2)24(21)36-4)6-5-15-11-19(26)23(35-3)20(12-15)30-38(31,32)18-9-7-17(8-10-18)37-25(27,28)29/h5-14,30H,1-4H3. The summed E-state index contributed by atoms with van der Waals surface area (Å²) in [4.78, 5) is -0.382. The van der Waals surface area contributed by atoms with E-state index in [-0.39, 0.29) is 21.9 Å². The molecule has 3 aromatic rings. The number of methoxy groups -OCH3 is 4. The second-order valence-electron chi connectivity index (χ2n) is 7.50. The van der Waals surface area contributed by atoms with E-state index >= 15 is 0 Å². The van der Waals surface area contributed by atoms with Crippen molar-refractivity contribution in [3.63, 3.8) is 0 Å². The fourth-order valence-electron chi connectivity index (χ4n) is 3.41. The topological polar surface area (TPSA) is 92.3 Å². The van der Waals surface area contributed by atoms with Crippen molar-refractivity contribution in [2.24, 2.45) is 0 Å². The molecule has 0 fully saturated rings. The van der Waals surface area contributed by atoms with Gasteiger partial charge in [0.2, 0.25) is 5.75 Å². The van der Waals surface area contributed by atoms with Crippen molar-refractivity contribution < 1.29 is 49.7 Å². The zero-order valence-corrected chi connectivity index (χ0v) is 21.4. The van der Waals surface area contributed by atoms with Crippen molar-refractivity contribution in [3.8, 4) is 28.7 Å². The fourth-order valence-corrected chi connectivity index (χ4v) is 4.46. The number of nitrogens with one attached hydrogen (secondary N) is 1. The van der Waals surface area contributed by atoms with Gasteiger partial charge in [0.1, 0.15) is 5.75 Å². The van der Waals surface area contributed by atoms with E-state index in [9.17, 15) is 26.0 Å². The molecule has 0 amide bonds. The van der Waals surface area contributed by atoms with Crippen LogP contribution in [0, 0.1) is 5.82 Å². The lowest BCUT2D eigenvalue weighted by molar-refractivity contribution is -0.274. The molecule has 0 bridgehead atoms. The Balaban J connectivity index is 1.93. The van der Waals surface area contributed by atoms with Gasteiger partial charge in [-0.2, -0.15) is 0 Å². The Bertz CT molecular complexity index is 1400. The Morgan fingerprint density at radius 2 is 1.29 bits per heavy atom. The predicted molar refractivity (Wildman–Crippen MR) is 132 cm³/mol. The summed E-state index contributed by atoms with van der Waals surface area (Å²) in [6, 6.07) is 9.30. The molecule has 3 rings (SSSR count). The summed E-state index contributed by atoms with van der Waals surface area (Å²) in [7, 11) is 1.20. The molecule has 38 heavy (non-hydrogen) atoms. The van der Waals surface area contributed by atoms with Crippen molar-refractivity contribution in [3.05, 3.63) is 65.5 Å². The van der Waals surface area contributed by atoms with Crippen LogP contribution in [0.2, 0.25) is 0 Å². The van der Waals surface area contributed by atoms with E-state index in [1.807, 2.05) is 0 Å². The average Bonchev–Trinajstić information content (AvgIpc) is 2.85. The zero-order valence-electron chi connectivity index (χ0n) is 20.6. The van der Waals surface area contributed by atoms with Crippen LogP contribution in [0.3, 0.4) is 0 Å². The normalized spacial score (nSPS) is 11.8. The Labute approximate surface area is 216 Å². The summed E-state index contributed by atoms with van der Waals surface area (Å²) in [5.74, 6) is -0.655. The first-order valence-electron chi connectivity index (χ1n) is 10.6. The van der Waals surface area contributed by atoms with Gasteiger partial charge in [0.25, 0.3) is 10.0 Å². The molecule has 0 saturated carbocycles. The van der Waals surface area contributed by atoms with E-state index in [0.29, 0.717) is 22.8 Å². The van der Waals surface area contributed by atoms with Gasteiger partial charge in [0.05, 0.1) is 39.0 Å². The maximum Gasteiger partial charge on any atom is 0.573 e. The number of anilines is 1. The maximum absolute atomic E-state index is 14.8. The maximum atomic E-state index is 14.8. The van der Waals surface area contributed by atoms with Gasteiger partial charge < -0.3 is 23.7 Å². The Morgan fingerprint density at radius 1 is 0.763 bits per heavy atom. The van der Waals surface area contributed by atoms with Crippen LogP contribution in [0.1, 0.15) is 11.1 Å². The van der Waals surface area contributed by atoms with Gasteiger partial charge in [0, 0.05) is 0 Å². The number of alkyl halides is 3. The van der Waals surface area contributed by atoms with E-state index in [0.717, 1.165) is 37.4 Å². The van der Waals surface area contributed by atoms with E-state index in [1.54, 1.807) is 18.2 Å². The minimum absolute atomic E-state index is 0.229. The van der Waals surface area contributed by atoms with Gasteiger partial charge in [0.15, 0.2) is 23.1 Å². The van der Waals surface area contributed by atoms with Crippen molar-refractivity contribution in [1.29, 1.82) is 0 Å². The van der Waals surface area contributed by atoms with Crippen molar-refractivity contribution in [2.45, 2.75) is 11.3 Å². The first kappa shape index (κ1) is 28.4. The summed E-state index contributed by atoms with van der Waals surface area (Å²) < 4.78 is 105. The molecule has 0 heterocycles. The quantitative estimate of drug-likeness (QED) is 0.251. The third-order valence-corrected chi connectivity index (χ3v) is 6.42. The second-order valence-corrected chi connectivity index (χ2v) is 9.18. The second kappa shape index (κ2) is 11.5. The lowest BCUT2D eigenvalue weighted by Gasteiger charge is -2.14. The molecule has 204 valence electrons. The van der Waals surface area contributed by atoms with Gasteiger partial charge in [-0.3, -0.25) is 4.72 Å². The molecule has 13 heteroatoms. The highest BCUT2D eigenvalue weighted by Gasteiger charge is 2.31. The number of rotatable bonds is 10. The first-order chi connectivity index (χ1) is 17.9. The van der Waals surface area contributed by atoms with Crippen LogP contribution in [-0.4, -0.2) is 43.2 Å². The molecule has 0 radical (unpaired) electrons. The molecule has 0 spiro atoms. The van der Waals surface area contributed by atoms with E-state index < -0.39 is 28.0 Å². The summed E-state index contributed by atoms with van der Waals surface area (Å²) in [6.45, 7) is 0. The monoisotopic (exact) mass is 557 g/mol. The minimum Gasteiger partial charge on any atom is -0.493 e. The Kier molecular flexibility index (Phi) is 8.61. The van der Waals surface area contributed by atoms with E-state index in [2.05, 4.69) is 9.46 Å². The summed E-state index contributed by atoms with van der Waals surface area (Å²) in [5, 5.41) is 0. The summed E-state index contributed by atoms with van der Waals surface area (Å²) >= 11 is 0. The van der Waals surface area contributed by atoms with Crippen LogP contribution < -0.4 is 28.4 Å². The van der Waals surface area contributed by atoms with Crippen LogP contribution in [0.15, 0.2) is 53.4 Å². The zero-order chi connectivity index (χ0) is 28.1. The summed E-state index contributed by atoms with van der Waals surface area (Å²) in [5.41, 5.74) is 0.648. The summed E-state index contributed by atoms with van der Waals surface area (Å²) in [6.07, 6.45) is -1.80. The molecule has 0 unspecified atom stereocenters. The molecular weight excluding hydrogens is 534 g/mol. The SMILES string of the molecule is COc1cc(C=Cc2cc(F)c(OC)c(NS(=O)(=O)c3ccc(OC(F)(F)F)cc3)c2)cc(OC)c1OC. The largest absolute Gasteiger partial charge is 0.573 e. The van der Waals surface area contributed by atoms with Crippen LogP contribution in [0.5, 0.6) is 28.7 Å². The number of sulfonamides is 1. The molecule has 3 aromatic carbocycles. The third kappa shape index (κ3) is 6.79. The molecule has 1 N–H and O–H groups in total. The van der Waals surface area contributed by atoms with E-state index in [4.69, 9.17) is 18.9 Å². The predicted octanol–water partition coefficient (Wildman–Crippen LogP) is 5.73. The van der Waals surface area contributed by atoms with E-state index in [1.165, 1.54) is 33.5 Å². The first-order valence-corrected chi connectivity index (χ1v) is 12.1. The highest BCUT2D eigenvalue weighted by molar-refractivity contribution is 7.92. The molecule has 0 saturated heterocycles. The molecule has 0 aromatic heterocycles. The average molecular weight is 558 g/mol. The molecule has 0 aliphatic carbocycles. The van der Waals surface area contributed by atoms with Gasteiger partial charge >= 0.3 is 6.36 Å². The van der Waals surface area contributed by atoms with Crippen LogP contribution in [0.4, 0.5) is 23.2 Å². The van der Waals surface area contributed by atoms with Crippen LogP contribution in [-0.2, 0) is 10.0 Å². The Morgan fingerprint density at radius 3 is 1.76 bits per heavy atom. The number of hydrogen-bond acceptors (Lipinski definition) is 7. The third-order valence-electron chi connectivity index (χ3n) is 5.04. The number of halogens is 4. The number of benzene rings is 3. The highest BCUT2D eigenvalue weighted by atomic mass is 32.2. The molecular formula is C25H23F4NO7S. The molecule has 0 aliphatic rings. The van der Waals surface area contributed by atoms with Crippen molar-refractivity contribution in [1.82, 2.24) is 0 Å². The lowest BCUT2D eigenvalue weighted by atomic mass is 10.1. The van der Waals surface area contributed by atoms with Crippen molar-refractivity contribution >= 4 is 27.9 Å². The molecule has 8 nitrogen and oxygen atoms in total. The Hall–Kier alpha value is -4.13. The highest BCUT2D eigenvalue weighted by Crippen LogP contribution is 2.39. The van der Waals surface area contributed by atoms with Crippen molar-refractivity contribution in [2.75, 3.05) is 33.2 Å².